The van der Waals surface area contributed by atoms with Gasteiger partial charge in [0.05, 0.1) is 29.3 Å². The van der Waals surface area contributed by atoms with Gasteiger partial charge in [0.2, 0.25) is 0 Å². The molecule has 1 saturated heterocycles. The first-order valence-corrected chi connectivity index (χ1v) is 9.80. The van der Waals surface area contributed by atoms with Gasteiger partial charge in [-0.25, -0.2) is 0 Å². The number of imide groups is 1. The van der Waals surface area contributed by atoms with Crippen molar-refractivity contribution in [1.29, 1.82) is 0 Å². The molecule has 28 heavy (non-hydrogen) atoms. The molecule has 3 aliphatic rings. The monoisotopic (exact) mass is 382 g/mol. The van der Waals surface area contributed by atoms with E-state index in [2.05, 4.69) is 10.1 Å². The molecule has 2 amide bonds. The Bertz CT molecular complexity index is 941. The normalized spacial score (nSPS) is 23.6. The van der Waals surface area contributed by atoms with Crippen LogP contribution in [-0.4, -0.2) is 46.1 Å². The van der Waals surface area contributed by atoms with Gasteiger partial charge in [0.25, 0.3) is 17.7 Å². The molecule has 1 aromatic carbocycles. The second kappa shape index (κ2) is 6.49. The Morgan fingerprint density at radius 2 is 1.93 bits per heavy atom. The number of carbonyl (C=O) groups is 2. The van der Waals surface area contributed by atoms with Gasteiger partial charge in [0.1, 0.15) is 0 Å². The van der Waals surface area contributed by atoms with Crippen LogP contribution in [0.1, 0.15) is 65.1 Å². The van der Waals surface area contributed by atoms with Crippen LogP contribution in [0, 0.1) is 0 Å². The number of nitrogens with two attached hydrogens (primary N) is 1. The van der Waals surface area contributed by atoms with Crippen molar-refractivity contribution in [2.24, 2.45) is 5.73 Å². The minimum atomic E-state index is -0.539. The number of ether oxygens (including phenoxy) is 1. The number of hydrogen-bond acceptors (Lipinski definition) is 7. The van der Waals surface area contributed by atoms with Crippen LogP contribution in [0.3, 0.4) is 0 Å². The molecule has 8 heteroatoms. The first-order chi connectivity index (χ1) is 13.5. The zero-order valence-electron chi connectivity index (χ0n) is 15.5. The first-order valence-electron chi connectivity index (χ1n) is 9.80. The number of hydrogen-bond donors (Lipinski definition) is 1. The summed E-state index contributed by atoms with van der Waals surface area (Å²) in [4.78, 5) is 31.2. The Morgan fingerprint density at radius 3 is 2.68 bits per heavy atom. The minimum Gasteiger partial charge on any atom is -0.376 e. The van der Waals surface area contributed by atoms with Crippen molar-refractivity contribution >= 4 is 11.8 Å². The van der Waals surface area contributed by atoms with Crippen molar-refractivity contribution in [3.05, 3.63) is 35.2 Å². The smallest absolute Gasteiger partial charge is 0.261 e. The summed E-state index contributed by atoms with van der Waals surface area (Å²) in [6.45, 7) is 0.974. The summed E-state index contributed by atoms with van der Waals surface area (Å²) in [7, 11) is 0. The fourth-order valence-corrected chi connectivity index (χ4v) is 4.35. The number of benzene rings is 1. The van der Waals surface area contributed by atoms with Crippen molar-refractivity contribution in [3.8, 4) is 11.5 Å². The SMILES string of the molecule is NC1(c2noc(-c3ccc4c(c3)C(=O)N(CC3CCCO3)C4=O)n2)CCCC1. The summed E-state index contributed by atoms with van der Waals surface area (Å²) in [5.41, 5.74) is 7.23. The van der Waals surface area contributed by atoms with Crippen molar-refractivity contribution in [1.82, 2.24) is 15.0 Å². The highest BCUT2D eigenvalue weighted by Gasteiger charge is 2.39. The van der Waals surface area contributed by atoms with Crippen LogP contribution < -0.4 is 5.73 Å². The Hall–Kier alpha value is -2.58. The summed E-state index contributed by atoms with van der Waals surface area (Å²) in [6.07, 6.45) is 5.52. The maximum atomic E-state index is 12.8. The third-order valence-corrected chi connectivity index (χ3v) is 5.99. The lowest BCUT2D eigenvalue weighted by molar-refractivity contribution is 0.0475. The second-order valence-electron chi connectivity index (χ2n) is 7.90. The number of fused-ring (bicyclic) bond motifs is 1. The van der Waals surface area contributed by atoms with Gasteiger partial charge in [-0.2, -0.15) is 4.98 Å². The van der Waals surface area contributed by atoms with Crippen molar-refractivity contribution in [2.45, 2.75) is 50.2 Å². The van der Waals surface area contributed by atoms with Crippen LogP contribution in [0.4, 0.5) is 0 Å². The number of amides is 2. The van der Waals surface area contributed by atoms with Gasteiger partial charge >= 0.3 is 0 Å². The minimum absolute atomic E-state index is 0.0765. The molecule has 8 nitrogen and oxygen atoms in total. The van der Waals surface area contributed by atoms with E-state index in [0.717, 1.165) is 38.5 Å². The van der Waals surface area contributed by atoms with E-state index in [1.807, 2.05) is 0 Å². The Kier molecular flexibility index (Phi) is 4.06. The molecule has 0 radical (unpaired) electrons. The molecule has 1 saturated carbocycles. The molecule has 1 unspecified atom stereocenters. The van der Waals surface area contributed by atoms with E-state index in [4.69, 9.17) is 15.0 Å². The number of rotatable bonds is 4. The highest BCUT2D eigenvalue weighted by atomic mass is 16.5. The average Bonchev–Trinajstić information content (AvgIpc) is 3.48. The van der Waals surface area contributed by atoms with E-state index in [1.165, 1.54) is 4.90 Å². The summed E-state index contributed by atoms with van der Waals surface area (Å²) in [6, 6.07) is 5.03. The highest BCUT2D eigenvalue weighted by Crippen LogP contribution is 2.36. The summed E-state index contributed by atoms with van der Waals surface area (Å²) < 4.78 is 11.0. The van der Waals surface area contributed by atoms with Crippen LogP contribution >= 0.6 is 0 Å². The summed E-state index contributed by atoms with van der Waals surface area (Å²) in [5, 5.41) is 4.07. The Labute approximate surface area is 162 Å². The fraction of sp³-hybridized carbons (Fsp3) is 0.500. The third-order valence-electron chi connectivity index (χ3n) is 5.99. The van der Waals surface area contributed by atoms with Gasteiger partial charge in [-0.3, -0.25) is 14.5 Å². The molecule has 0 spiro atoms. The van der Waals surface area contributed by atoms with E-state index in [0.29, 0.717) is 41.6 Å². The second-order valence-corrected chi connectivity index (χ2v) is 7.90. The average molecular weight is 382 g/mol. The number of aromatic nitrogens is 2. The van der Waals surface area contributed by atoms with Crippen LogP contribution in [0.5, 0.6) is 0 Å². The Balaban J connectivity index is 1.41. The predicted octanol–water partition coefficient (Wildman–Crippen LogP) is 2.24. The van der Waals surface area contributed by atoms with E-state index in [9.17, 15) is 9.59 Å². The molecule has 2 aromatic rings. The molecular formula is C20H22N4O4. The third kappa shape index (κ3) is 2.75. The number of nitrogens with zero attached hydrogens (tertiary/aromatic N) is 3. The Morgan fingerprint density at radius 1 is 1.14 bits per heavy atom. The quantitative estimate of drug-likeness (QED) is 0.807. The molecular weight excluding hydrogens is 360 g/mol. The van der Waals surface area contributed by atoms with Gasteiger partial charge in [-0.1, -0.05) is 18.0 Å². The molecule has 0 bridgehead atoms. The largest absolute Gasteiger partial charge is 0.376 e. The van der Waals surface area contributed by atoms with Gasteiger partial charge in [0, 0.05) is 12.2 Å². The van der Waals surface area contributed by atoms with E-state index in [-0.39, 0.29) is 17.9 Å². The van der Waals surface area contributed by atoms with Gasteiger partial charge in [0.15, 0.2) is 5.82 Å². The van der Waals surface area contributed by atoms with Crippen LogP contribution in [0.2, 0.25) is 0 Å². The molecule has 146 valence electrons. The number of carbonyl (C=O) groups excluding carboxylic acids is 2. The summed E-state index contributed by atoms with van der Waals surface area (Å²) in [5.74, 6) is 0.235. The predicted molar refractivity (Wildman–Crippen MR) is 98.4 cm³/mol. The maximum absolute atomic E-state index is 12.8. The van der Waals surface area contributed by atoms with Crippen molar-refractivity contribution in [2.75, 3.05) is 13.2 Å². The van der Waals surface area contributed by atoms with Gasteiger partial charge in [-0.05, 0) is 43.9 Å². The zero-order valence-corrected chi connectivity index (χ0v) is 15.5. The molecule has 2 aliphatic heterocycles. The molecule has 1 aliphatic carbocycles. The van der Waals surface area contributed by atoms with E-state index < -0.39 is 5.54 Å². The summed E-state index contributed by atoms with van der Waals surface area (Å²) >= 11 is 0. The standard InChI is InChI=1S/C20H22N4O4/c21-20(7-1-2-8-20)19-22-16(28-23-19)12-5-6-14-15(10-12)18(26)24(17(14)25)11-13-4-3-9-27-13/h5-6,10,13H,1-4,7-9,11,21H2. The molecule has 2 N–H and O–H groups in total. The van der Waals surface area contributed by atoms with E-state index >= 15 is 0 Å². The lowest BCUT2D eigenvalue weighted by atomic mass is 9.98. The van der Waals surface area contributed by atoms with E-state index in [1.54, 1.807) is 18.2 Å². The fourth-order valence-electron chi connectivity index (χ4n) is 4.35. The van der Waals surface area contributed by atoms with Crippen molar-refractivity contribution in [3.63, 3.8) is 0 Å². The molecule has 5 rings (SSSR count). The van der Waals surface area contributed by atoms with Crippen LogP contribution in [-0.2, 0) is 10.3 Å². The zero-order chi connectivity index (χ0) is 19.3. The van der Waals surface area contributed by atoms with Crippen LogP contribution in [0.25, 0.3) is 11.5 Å². The molecule has 2 fully saturated rings. The lowest BCUT2D eigenvalue weighted by Crippen LogP contribution is -2.36. The first kappa shape index (κ1) is 17.5. The van der Waals surface area contributed by atoms with Crippen molar-refractivity contribution < 1.29 is 18.8 Å². The topological polar surface area (TPSA) is 112 Å². The molecule has 3 heterocycles. The van der Waals surface area contributed by atoms with Gasteiger partial charge in [-0.15, -0.1) is 0 Å². The maximum Gasteiger partial charge on any atom is 0.261 e. The lowest BCUT2D eigenvalue weighted by Gasteiger charge is -2.17. The molecule has 1 aromatic heterocycles. The molecule has 1 atom stereocenters. The van der Waals surface area contributed by atoms with Crippen LogP contribution in [0.15, 0.2) is 22.7 Å². The highest BCUT2D eigenvalue weighted by molar-refractivity contribution is 6.21. The van der Waals surface area contributed by atoms with Gasteiger partial charge < -0.3 is 15.0 Å².